The first-order valence-electron chi connectivity index (χ1n) is 6.30. The summed E-state index contributed by atoms with van der Waals surface area (Å²) in [5.41, 5.74) is 7.41. The van der Waals surface area contributed by atoms with Crippen molar-refractivity contribution in [1.29, 1.82) is 0 Å². The lowest BCUT2D eigenvalue weighted by Gasteiger charge is -1.89. The summed E-state index contributed by atoms with van der Waals surface area (Å²) >= 11 is 0. The van der Waals surface area contributed by atoms with Gasteiger partial charge < -0.3 is 15.2 Å². The second-order valence-electron chi connectivity index (χ2n) is 4.37. The molecule has 0 aliphatic heterocycles. The molecule has 0 saturated carbocycles. The van der Waals surface area contributed by atoms with Crippen molar-refractivity contribution in [2.24, 2.45) is 5.73 Å². The predicted molar refractivity (Wildman–Crippen MR) is 70.6 cm³/mol. The summed E-state index contributed by atoms with van der Waals surface area (Å²) in [5, 5.41) is 3.95. The van der Waals surface area contributed by atoms with Crippen LogP contribution in [0.4, 0.5) is 0 Å². The Morgan fingerprint density at radius 2 is 2.11 bits per heavy atom. The molecule has 3 aromatic rings. The Bertz CT molecular complexity index is 639. The van der Waals surface area contributed by atoms with Crippen LogP contribution in [0.1, 0.15) is 24.0 Å². The van der Waals surface area contributed by atoms with Gasteiger partial charge in [-0.3, -0.25) is 0 Å². The van der Waals surface area contributed by atoms with E-state index in [-0.39, 0.29) is 0 Å². The molecule has 6 nitrogen and oxygen atoms in total. The van der Waals surface area contributed by atoms with Crippen molar-refractivity contribution >= 4 is 11.0 Å². The quantitative estimate of drug-likeness (QED) is 0.721. The SMILES string of the molecule is NCCCc1nc(Cc2nc3ccccc3[nH]2)no1. The van der Waals surface area contributed by atoms with Gasteiger partial charge in [0.2, 0.25) is 5.89 Å². The maximum absolute atomic E-state index is 5.44. The molecular formula is C13H15N5O. The smallest absolute Gasteiger partial charge is 0.226 e. The van der Waals surface area contributed by atoms with Crippen LogP contribution in [0.25, 0.3) is 11.0 Å². The van der Waals surface area contributed by atoms with Crippen molar-refractivity contribution in [3.05, 3.63) is 41.8 Å². The van der Waals surface area contributed by atoms with E-state index in [1.807, 2.05) is 24.3 Å². The van der Waals surface area contributed by atoms with Crippen LogP contribution in [0, 0.1) is 0 Å². The molecular weight excluding hydrogens is 242 g/mol. The largest absolute Gasteiger partial charge is 0.342 e. The first-order chi connectivity index (χ1) is 9.35. The fourth-order valence-corrected chi connectivity index (χ4v) is 1.96. The molecule has 3 rings (SSSR count). The molecule has 0 aliphatic rings. The Morgan fingerprint density at radius 1 is 1.21 bits per heavy atom. The zero-order chi connectivity index (χ0) is 13.1. The van der Waals surface area contributed by atoms with Gasteiger partial charge >= 0.3 is 0 Å². The summed E-state index contributed by atoms with van der Waals surface area (Å²) in [4.78, 5) is 12.0. The number of nitrogens with two attached hydrogens (primary N) is 1. The highest BCUT2D eigenvalue weighted by molar-refractivity contribution is 5.74. The monoisotopic (exact) mass is 257 g/mol. The van der Waals surface area contributed by atoms with Crippen LogP contribution in [0.15, 0.2) is 28.8 Å². The van der Waals surface area contributed by atoms with Crippen LogP contribution in [0.3, 0.4) is 0 Å². The second-order valence-corrected chi connectivity index (χ2v) is 4.37. The minimum absolute atomic E-state index is 0.542. The van der Waals surface area contributed by atoms with Crippen LogP contribution in [-0.4, -0.2) is 26.7 Å². The maximum Gasteiger partial charge on any atom is 0.226 e. The number of aromatic amines is 1. The number of imidazole rings is 1. The average molecular weight is 257 g/mol. The van der Waals surface area contributed by atoms with Gasteiger partial charge in [-0.25, -0.2) is 4.98 Å². The number of aromatic nitrogens is 4. The van der Waals surface area contributed by atoms with Crippen LogP contribution < -0.4 is 5.73 Å². The van der Waals surface area contributed by atoms with Crippen molar-refractivity contribution < 1.29 is 4.52 Å². The predicted octanol–water partition coefficient (Wildman–Crippen LogP) is 1.43. The maximum atomic E-state index is 5.44. The van der Waals surface area contributed by atoms with Crippen molar-refractivity contribution in [3.8, 4) is 0 Å². The number of aryl methyl sites for hydroxylation is 1. The first-order valence-corrected chi connectivity index (χ1v) is 6.30. The molecule has 0 bridgehead atoms. The lowest BCUT2D eigenvalue weighted by Crippen LogP contribution is -2.00. The van der Waals surface area contributed by atoms with Gasteiger partial charge in [0.15, 0.2) is 5.82 Å². The summed E-state index contributed by atoms with van der Waals surface area (Å²) in [5.74, 6) is 2.12. The summed E-state index contributed by atoms with van der Waals surface area (Å²) in [6.07, 6.45) is 2.12. The van der Waals surface area contributed by atoms with E-state index in [4.69, 9.17) is 10.3 Å². The normalized spacial score (nSPS) is 11.2. The van der Waals surface area contributed by atoms with E-state index < -0.39 is 0 Å². The summed E-state index contributed by atoms with van der Waals surface area (Å²) < 4.78 is 5.15. The molecule has 2 aromatic heterocycles. The molecule has 0 spiro atoms. The highest BCUT2D eigenvalue weighted by atomic mass is 16.5. The highest BCUT2D eigenvalue weighted by Gasteiger charge is 2.09. The van der Waals surface area contributed by atoms with Gasteiger partial charge in [0.25, 0.3) is 0 Å². The lowest BCUT2D eigenvalue weighted by molar-refractivity contribution is 0.371. The number of para-hydroxylation sites is 2. The van der Waals surface area contributed by atoms with Gasteiger partial charge in [-0.2, -0.15) is 4.98 Å². The van der Waals surface area contributed by atoms with Crippen LogP contribution in [0.2, 0.25) is 0 Å². The molecule has 6 heteroatoms. The van der Waals surface area contributed by atoms with Crippen molar-refractivity contribution in [2.45, 2.75) is 19.3 Å². The zero-order valence-electron chi connectivity index (χ0n) is 10.5. The number of H-pyrrole nitrogens is 1. The molecule has 2 heterocycles. The highest BCUT2D eigenvalue weighted by Crippen LogP contribution is 2.12. The average Bonchev–Trinajstić information content (AvgIpc) is 3.02. The third kappa shape index (κ3) is 2.63. The number of hydrogen-bond donors (Lipinski definition) is 2. The van der Waals surface area contributed by atoms with Crippen molar-refractivity contribution in [2.75, 3.05) is 6.54 Å². The molecule has 3 N–H and O–H groups in total. The molecule has 0 aliphatic carbocycles. The summed E-state index contributed by atoms with van der Waals surface area (Å²) in [6, 6.07) is 7.91. The van der Waals surface area contributed by atoms with Crippen LogP contribution in [0.5, 0.6) is 0 Å². The fourth-order valence-electron chi connectivity index (χ4n) is 1.96. The zero-order valence-corrected chi connectivity index (χ0v) is 10.5. The Kier molecular flexibility index (Phi) is 3.24. The standard InChI is InChI=1S/C13H15N5O/c14-7-3-6-13-17-12(18-19-13)8-11-15-9-4-1-2-5-10(9)16-11/h1-2,4-5H,3,6-8,14H2,(H,15,16). The van der Waals surface area contributed by atoms with Crippen molar-refractivity contribution in [3.63, 3.8) is 0 Å². The summed E-state index contributed by atoms with van der Waals surface area (Å²) in [7, 11) is 0. The van der Waals surface area contributed by atoms with Crippen LogP contribution in [-0.2, 0) is 12.8 Å². The lowest BCUT2D eigenvalue weighted by atomic mass is 10.3. The number of rotatable bonds is 5. The van der Waals surface area contributed by atoms with E-state index in [1.165, 1.54) is 0 Å². The minimum Gasteiger partial charge on any atom is -0.342 e. The van der Waals surface area contributed by atoms with E-state index in [2.05, 4.69) is 20.1 Å². The number of nitrogens with zero attached hydrogens (tertiary/aromatic N) is 3. The van der Waals surface area contributed by atoms with E-state index in [0.717, 1.165) is 29.7 Å². The Morgan fingerprint density at radius 3 is 2.95 bits per heavy atom. The third-order valence-corrected chi connectivity index (χ3v) is 2.87. The van der Waals surface area contributed by atoms with Gasteiger partial charge in [-0.15, -0.1) is 0 Å². The van der Waals surface area contributed by atoms with E-state index in [0.29, 0.717) is 24.7 Å². The molecule has 0 unspecified atom stereocenters. The van der Waals surface area contributed by atoms with Crippen LogP contribution >= 0.6 is 0 Å². The van der Waals surface area contributed by atoms with Gasteiger partial charge in [-0.1, -0.05) is 17.3 Å². The Balaban J connectivity index is 1.75. The number of hydrogen-bond acceptors (Lipinski definition) is 5. The Labute approximate surface area is 110 Å². The molecule has 0 fully saturated rings. The van der Waals surface area contributed by atoms with E-state index in [1.54, 1.807) is 0 Å². The number of benzene rings is 1. The molecule has 0 amide bonds. The van der Waals surface area contributed by atoms with E-state index >= 15 is 0 Å². The van der Waals surface area contributed by atoms with Gasteiger partial charge in [0, 0.05) is 6.42 Å². The minimum atomic E-state index is 0.542. The number of nitrogens with one attached hydrogen (secondary N) is 1. The molecule has 0 atom stereocenters. The topological polar surface area (TPSA) is 93.6 Å². The third-order valence-electron chi connectivity index (χ3n) is 2.87. The molecule has 1 aromatic carbocycles. The second kappa shape index (κ2) is 5.19. The molecule has 98 valence electrons. The fraction of sp³-hybridized carbons (Fsp3) is 0.308. The van der Waals surface area contributed by atoms with Crippen molar-refractivity contribution in [1.82, 2.24) is 20.1 Å². The van der Waals surface area contributed by atoms with Gasteiger partial charge in [-0.05, 0) is 25.1 Å². The molecule has 0 saturated heterocycles. The first kappa shape index (κ1) is 11.9. The summed E-state index contributed by atoms with van der Waals surface area (Å²) in [6.45, 7) is 0.626. The van der Waals surface area contributed by atoms with Gasteiger partial charge in [0.1, 0.15) is 5.82 Å². The Hall–Kier alpha value is -2.21. The van der Waals surface area contributed by atoms with Gasteiger partial charge in [0.05, 0.1) is 17.5 Å². The molecule has 0 radical (unpaired) electrons. The number of fused-ring (bicyclic) bond motifs is 1. The molecule has 19 heavy (non-hydrogen) atoms. The van der Waals surface area contributed by atoms with E-state index in [9.17, 15) is 0 Å².